The van der Waals surface area contributed by atoms with Gasteiger partial charge in [-0.25, -0.2) is 9.07 Å². The first-order chi connectivity index (χ1) is 15.5. The quantitative estimate of drug-likeness (QED) is 0.378. The molecule has 0 atom stereocenters. The van der Waals surface area contributed by atoms with Gasteiger partial charge in [-0.3, -0.25) is 4.79 Å². The fraction of sp³-hybridized carbons (Fsp3) is 0.0435. The SMILES string of the molecule is COc1cc(N/C=C(/F)C=N)ccc1-n1ccc(=O)c(/C(=C/C=N)Nc2ccccc2)n1. The van der Waals surface area contributed by atoms with Gasteiger partial charge in [0.2, 0.25) is 5.43 Å². The van der Waals surface area contributed by atoms with Gasteiger partial charge in [0.25, 0.3) is 0 Å². The lowest BCUT2D eigenvalue weighted by atomic mass is 10.2. The molecule has 0 aliphatic rings. The predicted octanol–water partition coefficient (Wildman–Crippen LogP) is 4.22. The van der Waals surface area contributed by atoms with Crippen molar-refractivity contribution in [1.82, 2.24) is 9.78 Å². The molecule has 4 N–H and O–H groups in total. The lowest BCUT2D eigenvalue weighted by Crippen LogP contribution is -2.18. The molecule has 0 radical (unpaired) electrons. The van der Waals surface area contributed by atoms with E-state index in [1.54, 1.807) is 18.2 Å². The molecular formula is C23H21FN6O2. The summed E-state index contributed by atoms with van der Waals surface area (Å²) in [6.45, 7) is 0. The summed E-state index contributed by atoms with van der Waals surface area (Å²) in [7, 11) is 1.48. The van der Waals surface area contributed by atoms with E-state index in [1.165, 1.54) is 30.1 Å². The molecule has 0 spiro atoms. The van der Waals surface area contributed by atoms with Gasteiger partial charge in [-0.05, 0) is 30.3 Å². The van der Waals surface area contributed by atoms with Gasteiger partial charge in [-0.2, -0.15) is 5.10 Å². The molecule has 162 valence electrons. The van der Waals surface area contributed by atoms with Crippen LogP contribution in [0.4, 0.5) is 15.8 Å². The first-order valence-corrected chi connectivity index (χ1v) is 9.50. The van der Waals surface area contributed by atoms with Crippen LogP contribution in [0.1, 0.15) is 5.69 Å². The van der Waals surface area contributed by atoms with Crippen molar-refractivity contribution in [3.05, 3.63) is 94.8 Å². The molecule has 1 aromatic heterocycles. The highest BCUT2D eigenvalue weighted by Gasteiger charge is 2.13. The van der Waals surface area contributed by atoms with Crippen molar-refractivity contribution in [2.75, 3.05) is 17.7 Å². The zero-order valence-corrected chi connectivity index (χ0v) is 17.2. The lowest BCUT2D eigenvalue weighted by Gasteiger charge is -2.15. The van der Waals surface area contributed by atoms with Gasteiger partial charge in [0.1, 0.15) is 11.4 Å². The third-order valence-corrected chi connectivity index (χ3v) is 4.31. The van der Waals surface area contributed by atoms with E-state index in [0.29, 0.717) is 29.0 Å². The minimum atomic E-state index is -0.726. The molecule has 0 unspecified atom stereocenters. The topological polar surface area (TPSA) is 116 Å². The van der Waals surface area contributed by atoms with Crippen molar-refractivity contribution >= 4 is 29.5 Å². The number of methoxy groups -OCH3 is 1. The Bertz CT molecular complexity index is 1230. The van der Waals surface area contributed by atoms with Gasteiger partial charge < -0.3 is 26.2 Å². The molecule has 0 bridgehead atoms. The predicted molar refractivity (Wildman–Crippen MR) is 125 cm³/mol. The fourth-order valence-corrected chi connectivity index (χ4v) is 2.82. The fourth-order valence-electron chi connectivity index (χ4n) is 2.82. The molecule has 0 amide bonds. The summed E-state index contributed by atoms with van der Waals surface area (Å²) in [5, 5.41) is 24.6. The molecule has 0 aliphatic heterocycles. The number of rotatable bonds is 9. The Morgan fingerprint density at radius 2 is 1.91 bits per heavy atom. The number of benzene rings is 2. The van der Waals surface area contributed by atoms with Crippen LogP contribution >= 0.6 is 0 Å². The van der Waals surface area contributed by atoms with E-state index in [0.717, 1.165) is 18.1 Å². The summed E-state index contributed by atoms with van der Waals surface area (Å²) >= 11 is 0. The molecule has 3 aromatic rings. The van der Waals surface area contributed by atoms with Crippen LogP contribution in [0.15, 0.2) is 83.7 Å². The largest absolute Gasteiger partial charge is 0.494 e. The molecule has 0 aliphatic carbocycles. The highest BCUT2D eigenvalue weighted by atomic mass is 19.1. The number of aromatic nitrogens is 2. The zero-order valence-electron chi connectivity index (χ0n) is 17.2. The van der Waals surface area contributed by atoms with Crippen LogP contribution in [0.2, 0.25) is 0 Å². The molecule has 3 rings (SSSR count). The van der Waals surface area contributed by atoms with E-state index < -0.39 is 5.83 Å². The van der Waals surface area contributed by atoms with Gasteiger partial charge in [0.05, 0.1) is 19.0 Å². The second kappa shape index (κ2) is 10.5. The number of halogens is 1. The number of nitrogens with one attached hydrogen (secondary N) is 4. The highest BCUT2D eigenvalue weighted by molar-refractivity contribution is 5.86. The summed E-state index contributed by atoms with van der Waals surface area (Å²) < 4.78 is 20.1. The van der Waals surface area contributed by atoms with Gasteiger partial charge in [0.15, 0.2) is 11.5 Å². The number of hydrogen-bond donors (Lipinski definition) is 4. The van der Waals surface area contributed by atoms with Gasteiger partial charge in [-0.15, -0.1) is 0 Å². The summed E-state index contributed by atoms with van der Waals surface area (Å²) in [5.41, 5.74) is 2.01. The monoisotopic (exact) mass is 432 g/mol. The molecule has 8 nitrogen and oxygen atoms in total. The van der Waals surface area contributed by atoms with Gasteiger partial charge >= 0.3 is 0 Å². The van der Waals surface area contributed by atoms with E-state index in [2.05, 4.69) is 15.7 Å². The molecule has 2 aromatic carbocycles. The lowest BCUT2D eigenvalue weighted by molar-refractivity contribution is 0.411. The van der Waals surface area contributed by atoms with Crippen molar-refractivity contribution in [3.63, 3.8) is 0 Å². The van der Waals surface area contributed by atoms with Crippen molar-refractivity contribution in [1.29, 1.82) is 10.8 Å². The average Bonchev–Trinajstić information content (AvgIpc) is 2.83. The van der Waals surface area contributed by atoms with Crippen molar-refractivity contribution in [2.45, 2.75) is 0 Å². The first-order valence-electron chi connectivity index (χ1n) is 9.50. The summed E-state index contributed by atoms with van der Waals surface area (Å²) in [4.78, 5) is 12.6. The summed E-state index contributed by atoms with van der Waals surface area (Å²) in [5.74, 6) is -0.300. The molecular weight excluding hydrogens is 411 g/mol. The van der Waals surface area contributed by atoms with Gasteiger partial charge in [-0.1, -0.05) is 18.2 Å². The van der Waals surface area contributed by atoms with Crippen LogP contribution in [-0.4, -0.2) is 29.3 Å². The van der Waals surface area contributed by atoms with Crippen molar-refractivity contribution < 1.29 is 9.13 Å². The maximum absolute atomic E-state index is 13.2. The van der Waals surface area contributed by atoms with Gasteiger partial charge in [0, 0.05) is 42.1 Å². The normalized spacial score (nSPS) is 11.6. The molecule has 1 heterocycles. The van der Waals surface area contributed by atoms with Crippen LogP contribution in [0.5, 0.6) is 5.75 Å². The highest BCUT2D eigenvalue weighted by Crippen LogP contribution is 2.26. The maximum atomic E-state index is 13.2. The summed E-state index contributed by atoms with van der Waals surface area (Å²) in [6.07, 6.45) is 5.69. The number of ether oxygens (including phenoxy) is 1. The minimum Gasteiger partial charge on any atom is -0.494 e. The number of allylic oxidation sites excluding steroid dienone is 2. The smallest absolute Gasteiger partial charge is 0.209 e. The number of anilines is 2. The van der Waals surface area contributed by atoms with Crippen molar-refractivity contribution in [2.24, 2.45) is 0 Å². The average molecular weight is 432 g/mol. The molecule has 32 heavy (non-hydrogen) atoms. The third kappa shape index (κ3) is 5.33. The second-order valence-electron chi connectivity index (χ2n) is 6.42. The van der Waals surface area contributed by atoms with Crippen LogP contribution in [0.3, 0.4) is 0 Å². The number of para-hydroxylation sites is 1. The molecule has 0 saturated carbocycles. The van der Waals surface area contributed by atoms with E-state index in [-0.39, 0.29) is 11.1 Å². The van der Waals surface area contributed by atoms with E-state index in [1.807, 2.05) is 30.3 Å². The number of nitrogens with zero attached hydrogens (tertiary/aromatic N) is 2. The Hall–Kier alpha value is -4.53. The Balaban J connectivity index is 2.00. The van der Waals surface area contributed by atoms with Crippen LogP contribution in [0.25, 0.3) is 11.4 Å². The van der Waals surface area contributed by atoms with Crippen LogP contribution < -0.4 is 20.8 Å². The molecule has 0 saturated heterocycles. The first kappa shape index (κ1) is 22.2. The maximum Gasteiger partial charge on any atom is 0.209 e. The Labute approximate surface area is 183 Å². The molecule has 9 heteroatoms. The second-order valence-corrected chi connectivity index (χ2v) is 6.42. The van der Waals surface area contributed by atoms with Crippen LogP contribution in [0, 0.1) is 10.8 Å². The zero-order chi connectivity index (χ0) is 22.9. The Morgan fingerprint density at radius 3 is 2.59 bits per heavy atom. The van der Waals surface area contributed by atoms with Crippen LogP contribution in [-0.2, 0) is 0 Å². The third-order valence-electron chi connectivity index (χ3n) is 4.31. The standard InChI is InChI=1S/C23H21FN6O2/c1-32-22-13-18(27-15-16(24)14-26)7-8-20(22)30-12-10-21(31)23(29-30)19(9-11-25)28-17-5-3-2-4-6-17/h2-15,25-28H,1H3/b16-15+,19-9-,25-11?,26-14?. The van der Waals surface area contributed by atoms with E-state index in [9.17, 15) is 9.18 Å². The van der Waals surface area contributed by atoms with Crippen molar-refractivity contribution in [3.8, 4) is 11.4 Å². The van der Waals surface area contributed by atoms with E-state index in [4.69, 9.17) is 15.6 Å². The van der Waals surface area contributed by atoms with E-state index >= 15 is 0 Å². The number of hydrogen-bond acceptors (Lipinski definition) is 7. The molecule has 0 fully saturated rings. The minimum absolute atomic E-state index is 0.125. The summed E-state index contributed by atoms with van der Waals surface area (Å²) in [6, 6.07) is 15.6. The Morgan fingerprint density at radius 1 is 1.12 bits per heavy atom. The Kier molecular flexibility index (Phi) is 7.26.